The number of carbonyl (C=O) groups is 1. The maximum Gasteiger partial charge on any atom is 0.228 e. The number of amides is 1. The maximum absolute atomic E-state index is 12.5. The topological polar surface area (TPSA) is 79.4 Å². The second kappa shape index (κ2) is 9.31. The number of hydrogen-bond donors (Lipinski definition) is 2. The minimum Gasteiger partial charge on any atom is -0.497 e. The molecule has 1 fully saturated rings. The monoisotopic (exact) mass is 439 g/mol. The largest absolute Gasteiger partial charge is 0.497 e. The number of nitrogens with zero attached hydrogens (tertiary/aromatic N) is 3. The first kappa shape index (κ1) is 21.0. The van der Waals surface area contributed by atoms with Crippen molar-refractivity contribution < 1.29 is 9.53 Å². The highest BCUT2D eigenvalue weighted by Gasteiger charge is 2.21. The Morgan fingerprint density at radius 2 is 2.06 bits per heavy atom. The average molecular weight is 440 g/mol. The number of ether oxygens (including phenoxy) is 1. The molecule has 2 aliphatic rings. The van der Waals surface area contributed by atoms with Crippen molar-refractivity contribution in [1.29, 1.82) is 0 Å². The number of carbonyl (C=O) groups excluding carboxylic acids is 1. The fourth-order valence-corrected chi connectivity index (χ4v) is 4.15. The summed E-state index contributed by atoms with van der Waals surface area (Å²) < 4.78 is 5.29. The predicted octanol–water partition coefficient (Wildman–Crippen LogP) is 3.84. The summed E-state index contributed by atoms with van der Waals surface area (Å²) in [5, 5.41) is 6.23. The Labute approximate surface area is 193 Å². The summed E-state index contributed by atoms with van der Waals surface area (Å²) in [7, 11) is 1.63. The molecular formula is C26H25N5O2. The molecule has 7 heteroatoms. The summed E-state index contributed by atoms with van der Waals surface area (Å²) in [4.78, 5) is 24.0. The lowest BCUT2D eigenvalue weighted by molar-refractivity contribution is -0.115. The molecule has 2 N–H and O–H groups in total. The van der Waals surface area contributed by atoms with Crippen molar-refractivity contribution in [3.05, 3.63) is 59.8 Å². The quantitative estimate of drug-likeness (QED) is 0.602. The van der Waals surface area contributed by atoms with Gasteiger partial charge in [-0.25, -0.2) is 9.97 Å². The Hall–Kier alpha value is -3.89. The van der Waals surface area contributed by atoms with Crippen LogP contribution in [-0.4, -0.2) is 47.5 Å². The van der Waals surface area contributed by atoms with Gasteiger partial charge in [-0.2, -0.15) is 0 Å². The van der Waals surface area contributed by atoms with Crippen LogP contribution in [0.25, 0.3) is 11.3 Å². The van der Waals surface area contributed by atoms with Crippen molar-refractivity contribution in [2.45, 2.75) is 19.3 Å². The molecule has 1 amide bonds. The molecule has 2 aliphatic heterocycles. The minimum atomic E-state index is -0.0886. The molecule has 0 saturated carbocycles. The van der Waals surface area contributed by atoms with Crippen LogP contribution in [0.2, 0.25) is 0 Å². The third-order valence-electron chi connectivity index (χ3n) is 5.82. The number of fused-ring (bicyclic) bond motifs is 3. The van der Waals surface area contributed by atoms with E-state index in [-0.39, 0.29) is 12.3 Å². The zero-order valence-corrected chi connectivity index (χ0v) is 18.5. The molecule has 0 atom stereocenters. The van der Waals surface area contributed by atoms with E-state index in [9.17, 15) is 4.79 Å². The predicted molar refractivity (Wildman–Crippen MR) is 129 cm³/mol. The van der Waals surface area contributed by atoms with E-state index >= 15 is 0 Å². The number of methoxy groups -OCH3 is 1. The number of benzene rings is 2. The first-order valence-electron chi connectivity index (χ1n) is 11.1. The summed E-state index contributed by atoms with van der Waals surface area (Å²) in [5.41, 5.74) is 4.80. The fourth-order valence-electron chi connectivity index (χ4n) is 4.15. The lowest BCUT2D eigenvalue weighted by atomic mass is 10.0. The van der Waals surface area contributed by atoms with Gasteiger partial charge in [-0.1, -0.05) is 17.9 Å². The van der Waals surface area contributed by atoms with E-state index in [1.54, 1.807) is 13.3 Å². The van der Waals surface area contributed by atoms with Crippen LogP contribution in [0.5, 0.6) is 5.75 Å². The summed E-state index contributed by atoms with van der Waals surface area (Å²) in [5.74, 6) is 7.61. The van der Waals surface area contributed by atoms with Gasteiger partial charge < -0.3 is 15.4 Å². The standard InChI is InChI=1S/C26H25N5O2/c1-33-21-8-4-7-20(16-21)28-26-27-17-19-15-24(32)29-23-14-18(9-10-22(23)25(19)30-26)6-5-13-31-11-2-3-12-31/h4,7-10,14,16-17H,2-3,11-13,15H2,1H3,(H,29,32)(H,27,28,30). The van der Waals surface area contributed by atoms with Crippen LogP contribution in [0.3, 0.4) is 0 Å². The minimum absolute atomic E-state index is 0.0886. The zero-order chi connectivity index (χ0) is 22.6. The Morgan fingerprint density at radius 3 is 2.91 bits per heavy atom. The molecular weight excluding hydrogens is 414 g/mol. The van der Waals surface area contributed by atoms with Gasteiger partial charge in [0.2, 0.25) is 11.9 Å². The summed E-state index contributed by atoms with van der Waals surface area (Å²) in [6.07, 6.45) is 4.44. The third-order valence-corrected chi connectivity index (χ3v) is 5.82. The van der Waals surface area contributed by atoms with Crippen molar-refractivity contribution >= 4 is 23.2 Å². The first-order chi connectivity index (χ1) is 16.2. The van der Waals surface area contributed by atoms with E-state index in [1.165, 1.54) is 12.8 Å². The Kier molecular flexibility index (Phi) is 5.92. The number of rotatable bonds is 4. The van der Waals surface area contributed by atoms with Crippen LogP contribution >= 0.6 is 0 Å². The average Bonchev–Trinajstić information content (AvgIpc) is 3.29. The second-order valence-corrected chi connectivity index (χ2v) is 8.19. The van der Waals surface area contributed by atoms with Crippen LogP contribution in [0.1, 0.15) is 24.0 Å². The molecule has 0 aliphatic carbocycles. The summed E-state index contributed by atoms with van der Waals surface area (Å²) in [6, 6.07) is 13.5. The molecule has 5 rings (SSSR count). The molecule has 33 heavy (non-hydrogen) atoms. The number of anilines is 3. The van der Waals surface area contributed by atoms with Gasteiger partial charge in [0.1, 0.15) is 5.75 Å². The van der Waals surface area contributed by atoms with Crippen LogP contribution < -0.4 is 15.4 Å². The molecule has 166 valence electrons. The molecule has 3 heterocycles. The highest BCUT2D eigenvalue weighted by atomic mass is 16.5. The van der Waals surface area contributed by atoms with Gasteiger partial charge in [0.05, 0.1) is 31.5 Å². The van der Waals surface area contributed by atoms with Crippen molar-refractivity contribution in [2.75, 3.05) is 37.4 Å². The van der Waals surface area contributed by atoms with Gasteiger partial charge >= 0.3 is 0 Å². The Morgan fingerprint density at radius 1 is 1.18 bits per heavy atom. The molecule has 0 spiro atoms. The molecule has 0 radical (unpaired) electrons. The van der Waals surface area contributed by atoms with E-state index in [1.807, 2.05) is 42.5 Å². The molecule has 2 aromatic carbocycles. The van der Waals surface area contributed by atoms with Crippen LogP contribution in [0.4, 0.5) is 17.3 Å². The van der Waals surface area contributed by atoms with Gasteiger partial charge in [-0.15, -0.1) is 0 Å². The smallest absolute Gasteiger partial charge is 0.228 e. The Balaban J connectivity index is 1.44. The van der Waals surface area contributed by atoms with E-state index in [0.717, 1.165) is 59.1 Å². The van der Waals surface area contributed by atoms with E-state index in [4.69, 9.17) is 9.72 Å². The van der Waals surface area contributed by atoms with Crippen molar-refractivity contribution in [2.24, 2.45) is 0 Å². The highest BCUT2D eigenvalue weighted by Crippen LogP contribution is 2.34. The summed E-state index contributed by atoms with van der Waals surface area (Å²) in [6.45, 7) is 3.02. The molecule has 0 bridgehead atoms. The zero-order valence-electron chi connectivity index (χ0n) is 18.5. The SMILES string of the molecule is COc1cccc(Nc2ncc3c(n2)-c2ccc(C#CCN4CCCC4)cc2NC(=O)C3)c1. The molecule has 1 saturated heterocycles. The molecule has 0 unspecified atom stereocenters. The normalized spacial score (nSPS) is 14.9. The molecule has 7 nitrogen and oxygen atoms in total. The first-order valence-corrected chi connectivity index (χ1v) is 11.1. The highest BCUT2D eigenvalue weighted by molar-refractivity contribution is 6.00. The van der Waals surface area contributed by atoms with Crippen LogP contribution in [0.15, 0.2) is 48.7 Å². The van der Waals surface area contributed by atoms with Gasteiger partial charge in [0, 0.05) is 34.6 Å². The number of nitrogens with one attached hydrogen (secondary N) is 2. The Bertz CT molecular complexity index is 1260. The number of hydrogen-bond acceptors (Lipinski definition) is 6. The van der Waals surface area contributed by atoms with Crippen molar-refractivity contribution in [1.82, 2.24) is 14.9 Å². The van der Waals surface area contributed by atoms with Crippen LogP contribution in [0, 0.1) is 11.8 Å². The van der Waals surface area contributed by atoms with E-state index in [0.29, 0.717) is 5.95 Å². The van der Waals surface area contributed by atoms with Gasteiger partial charge in [-0.3, -0.25) is 9.69 Å². The maximum atomic E-state index is 12.5. The van der Waals surface area contributed by atoms with Crippen LogP contribution in [-0.2, 0) is 11.2 Å². The van der Waals surface area contributed by atoms with E-state index < -0.39 is 0 Å². The lowest BCUT2D eigenvalue weighted by Crippen LogP contribution is -2.18. The molecule has 3 aromatic rings. The number of aromatic nitrogens is 2. The van der Waals surface area contributed by atoms with Gasteiger partial charge in [0.15, 0.2) is 0 Å². The fraction of sp³-hybridized carbons (Fsp3) is 0.269. The van der Waals surface area contributed by atoms with Crippen molar-refractivity contribution in [3.63, 3.8) is 0 Å². The van der Waals surface area contributed by atoms with Gasteiger partial charge in [0.25, 0.3) is 0 Å². The second-order valence-electron chi connectivity index (χ2n) is 8.19. The number of likely N-dealkylation sites (tertiary alicyclic amines) is 1. The van der Waals surface area contributed by atoms with Crippen molar-refractivity contribution in [3.8, 4) is 28.8 Å². The van der Waals surface area contributed by atoms with Gasteiger partial charge in [-0.05, 0) is 56.3 Å². The lowest BCUT2D eigenvalue weighted by Gasteiger charge is -2.11. The third kappa shape index (κ3) is 4.81. The molecule has 1 aromatic heterocycles. The van der Waals surface area contributed by atoms with E-state index in [2.05, 4.69) is 32.4 Å². The summed E-state index contributed by atoms with van der Waals surface area (Å²) >= 11 is 0.